The van der Waals surface area contributed by atoms with Crippen molar-refractivity contribution in [2.45, 2.75) is 45.4 Å². The highest BCUT2D eigenvalue weighted by atomic mass is 127. The van der Waals surface area contributed by atoms with Gasteiger partial charge in [0, 0.05) is 5.56 Å². The lowest BCUT2D eigenvalue weighted by molar-refractivity contribution is -0.596. The average molecular weight is 622 g/mol. The van der Waals surface area contributed by atoms with Crippen LogP contribution in [-0.2, 0) is 0 Å². The molecule has 0 spiro atoms. The minimum Gasteiger partial charge on any atom is -0.497 e. The van der Waals surface area contributed by atoms with Gasteiger partial charge < -0.3 is 14.2 Å². The van der Waals surface area contributed by atoms with E-state index >= 15 is 0 Å². The Hall–Kier alpha value is -2.99. The van der Waals surface area contributed by atoms with Gasteiger partial charge in [-0.05, 0) is 77.7 Å². The number of benzene rings is 4. The molecule has 0 aromatic heterocycles. The van der Waals surface area contributed by atoms with Gasteiger partial charge in [-0.25, -0.2) is 0 Å². The molecule has 0 bridgehead atoms. The van der Waals surface area contributed by atoms with E-state index in [-0.39, 0.29) is 0 Å². The second-order valence-corrected chi connectivity index (χ2v) is 12.2. The van der Waals surface area contributed by atoms with Crippen molar-refractivity contribution in [2.24, 2.45) is 0 Å². The lowest BCUT2D eigenvalue weighted by Gasteiger charge is -2.12. The molecule has 0 fully saturated rings. The number of halogens is 1. The first kappa shape index (κ1) is 28.0. The average Bonchev–Trinajstić information content (AvgIpc) is 2.97. The summed E-state index contributed by atoms with van der Waals surface area (Å²) in [4.78, 5) is 0. The molecule has 0 N–H and O–H groups in total. The number of hydrogen-bond acceptors (Lipinski definition) is 3. The minimum atomic E-state index is -0.399. The van der Waals surface area contributed by atoms with Crippen LogP contribution in [0.15, 0.2) is 91.0 Å². The second kappa shape index (κ2) is 14.8. The molecule has 0 saturated heterocycles. The van der Waals surface area contributed by atoms with E-state index in [1.54, 1.807) is 14.2 Å². The fourth-order valence-corrected chi connectivity index (χ4v) is 7.10. The van der Waals surface area contributed by atoms with Crippen LogP contribution in [0, 0.1) is 7.14 Å². The molecular formula is C34H38IO3+. The molecular weight excluding hydrogens is 583 g/mol. The summed E-state index contributed by atoms with van der Waals surface area (Å²) in [6.45, 7) is 3.05. The van der Waals surface area contributed by atoms with Gasteiger partial charge in [-0.15, -0.1) is 0 Å². The summed E-state index contributed by atoms with van der Waals surface area (Å²) >= 11 is -0.399. The maximum Gasteiger partial charge on any atom is 0.358 e. The summed E-state index contributed by atoms with van der Waals surface area (Å²) < 4.78 is 19.6. The molecule has 0 aliphatic carbocycles. The Morgan fingerprint density at radius 3 is 1.79 bits per heavy atom. The summed E-state index contributed by atoms with van der Waals surface area (Å²) in [5.41, 5.74) is 4.90. The molecule has 4 aromatic rings. The van der Waals surface area contributed by atoms with Gasteiger partial charge in [0.05, 0.1) is 20.8 Å². The first-order valence-corrected chi connectivity index (χ1v) is 15.7. The van der Waals surface area contributed by atoms with Gasteiger partial charge in [0.2, 0.25) is 3.57 Å². The smallest absolute Gasteiger partial charge is 0.358 e. The van der Waals surface area contributed by atoms with Crippen molar-refractivity contribution >= 4 is 0 Å². The Morgan fingerprint density at radius 2 is 1.16 bits per heavy atom. The predicted molar refractivity (Wildman–Crippen MR) is 153 cm³/mol. The number of unbranched alkanes of at least 4 members (excludes halogenated alkanes) is 5. The van der Waals surface area contributed by atoms with E-state index in [4.69, 9.17) is 14.2 Å². The molecule has 0 heterocycles. The quantitative estimate of drug-likeness (QED) is 0.130. The van der Waals surface area contributed by atoms with Gasteiger partial charge >= 0.3 is 21.2 Å². The highest BCUT2D eigenvalue weighted by molar-refractivity contribution is 5.83. The molecule has 0 amide bonds. The zero-order chi connectivity index (χ0) is 26.6. The number of ether oxygens (including phenoxy) is 3. The topological polar surface area (TPSA) is 27.7 Å². The Balaban J connectivity index is 1.53. The van der Waals surface area contributed by atoms with E-state index in [1.807, 2.05) is 24.3 Å². The van der Waals surface area contributed by atoms with Crippen molar-refractivity contribution in [3.05, 3.63) is 98.1 Å². The molecule has 0 unspecified atom stereocenters. The Kier molecular flexibility index (Phi) is 10.9. The predicted octanol–water partition coefficient (Wildman–Crippen LogP) is 5.91. The minimum absolute atomic E-state index is 0.399. The van der Waals surface area contributed by atoms with E-state index in [2.05, 4.69) is 73.7 Å². The fraction of sp³-hybridized carbons (Fsp3) is 0.294. The van der Waals surface area contributed by atoms with Crippen molar-refractivity contribution in [3.63, 3.8) is 0 Å². The largest absolute Gasteiger partial charge is 0.497 e. The third-order valence-corrected chi connectivity index (χ3v) is 9.41. The molecule has 0 radical (unpaired) electrons. The molecule has 0 saturated carbocycles. The van der Waals surface area contributed by atoms with E-state index in [0.29, 0.717) is 0 Å². The van der Waals surface area contributed by atoms with Crippen molar-refractivity contribution in [1.29, 1.82) is 0 Å². The Bertz CT molecular complexity index is 1250. The highest BCUT2D eigenvalue weighted by Gasteiger charge is 2.24. The molecule has 4 heteroatoms. The number of methoxy groups -OCH3 is 2. The summed E-state index contributed by atoms with van der Waals surface area (Å²) in [6.07, 6.45) is 7.66. The molecule has 4 aromatic carbocycles. The maximum atomic E-state index is 6.02. The van der Waals surface area contributed by atoms with Crippen LogP contribution in [0.2, 0.25) is 0 Å². The van der Waals surface area contributed by atoms with E-state index in [0.717, 1.165) is 30.3 Å². The summed E-state index contributed by atoms with van der Waals surface area (Å²) in [5, 5.41) is 0. The monoisotopic (exact) mass is 621 g/mol. The number of rotatable bonds is 14. The molecule has 0 aliphatic heterocycles. The van der Waals surface area contributed by atoms with Crippen LogP contribution in [0.25, 0.3) is 22.3 Å². The van der Waals surface area contributed by atoms with E-state index in [1.165, 1.54) is 61.5 Å². The van der Waals surface area contributed by atoms with Crippen molar-refractivity contribution in [1.82, 2.24) is 0 Å². The van der Waals surface area contributed by atoms with Crippen LogP contribution in [0.4, 0.5) is 0 Å². The van der Waals surface area contributed by atoms with Crippen LogP contribution in [-0.4, -0.2) is 20.8 Å². The van der Waals surface area contributed by atoms with Crippen LogP contribution in [0.1, 0.15) is 45.4 Å². The van der Waals surface area contributed by atoms with Gasteiger partial charge in [0.15, 0.2) is 3.57 Å². The molecule has 38 heavy (non-hydrogen) atoms. The van der Waals surface area contributed by atoms with Gasteiger partial charge in [-0.1, -0.05) is 75.4 Å². The van der Waals surface area contributed by atoms with Gasteiger partial charge in [-0.2, -0.15) is 0 Å². The first-order valence-electron chi connectivity index (χ1n) is 13.5. The van der Waals surface area contributed by atoms with Crippen molar-refractivity contribution < 1.29 is 35.4 Å². The summed E-state index contributed by atoms with van der Waals surface area (Å²) in [6, 6.07) is 32.1. The Labute approximate surface area is 238 Å². The fourth-order valence-electron chi connectivity index (χ4n) is 4.45. The zero-order valence-electron chi connectivity index (χ0n) is 22.7. The van der Waals surface area contributed by atoms with E-state index < -0.39 is 21.2 Å². The van der Waals surface area contributed by atoms with Crippen LogP contribution in [0.5, 0.6) is 17.2 Å². The third-order valence-electron chi connectivity index (χ3n) is 6.58. The molecule has 0 aliphatic rings. The molecule has 3 nitrogen and oxygen atoms in total. The third kappa shape index (κ3) is 7.76. The second-order valence-electron chi connectivity index (χ2n) is 9.28. The SMILES string of the molecule is CCCCCCCCOc1ccc([I+]c2cccc(-c3ccc(OC)cc3)c2-c2ccc(OC)cc2)cc1. The van der Waals surface area contributed by atoms with Crippen LogP contribution < -0.4 is 35.4 Å². The lowest BCUT2D eigenvalue weighted by atomic mass is 9.94. The standard InChI is InChI=1S/C34H38IO3/c1-4-5-6-7-8-9-25-38-31-23-17-28(18-24-31)35-33-12-10-11-32(26-13-19-29(36-2)20-14-26)34(33)27-15-21-30(37-3)22-16-27/h10-24H,4-9,25H2,1-3H3/q+1. The van der Waals surface area contributed by atoms with Gasteiger partial charge in [0.1, 0.15) is 17.2 Å². The first-order chi connectivity index (χ1) is 18.7. The lowest BCUT2D eigenvalue weighted by Crippen LogP contribution is -3.61. The normalized spacial score (nSPS) is 10.8. The highest BCUT2D eigenvalue weighted by Crippen LogP contribution is 2.33. The summed E-state index contributed by atoms with van der Waals surface area (Å²) in [7, 11) is 3.41. The Morgan fingerprint density at radius 1 is 0.579 bits per heavy atom. The molecule has 0 atom stereocenters. The zero-order valence-corrected chi connectivity index (χ0v) is 24.9. The van der Waals surface area contributed by atoms with Crippen molar-refractivity contribution in [3.8, 4) is 39.5 Å². The maximum absolute atomic E-state index is 6.02. The van der Waals surface area contributed by atoms with Gasteiger partial charge in [-0.3, -0.25) is 0 Å². The summed E-state index contributed by atoms with van der Waals surface area (Å²) in [5.74, 6) is 2.69. The van der Waals surface area contributed by atoms with Gasteiger partial charge in [0.25, 0.3) is 0 Å². The number of hydrogen-bond donors (Lipinski definition) is 0. The van der Waals surface area contributed by atoms with E-state index in [9.17, 15) is 0 Å². The van der Waals surface area contributed by atoms with Crippen LogP contribution >= 0.6 is 0 Å². The van der Waals surface area contributed by atoms with Crippen LogP contribution in [0.3, 0.4) is 0 Å². The van der Waals surface area contributed by atoms with Crippen molar-refractivity contribution in [2.75, 3.05) is 20.8 Å². The molecule has 198 valence electrons. The molecule has 4 rings (SSSR count).